The smallest absolute Gasteiger partial charge is 0.327 e. The van der Waals surface area contributed by atoms with Crippen LogP contribution >= 0.6 is 0 Å². The highest BCUT2D eigenvalue weighted by molar-refractivity contribution is 5.76. The molecule has 2 aromatic rings. The lowest BCUT2D eigenvalue weighted by Crippen LogP contribution is -2.26. The standard InChI is InChI=1S/C14H17N3O2/c1-2-9-19-13-5-3-12(4-6-13)10-16-14(18)17-8-7-15-11-17/h3-8,11H,2,9-10H2,1H3,(H,16,18). The molecule has 100 valence electrons. The molecule has 5 nitrogen and oxygen atoms in total. The number of hydrogen-bond donors (Lipinski definition) is 1. The third-order valence-corrected chi connectivity index (χ3v) is 2.58. The average Bonchev–Trinajstić information content (AvgIpc) is 2.98. The van der Waals surface area contributed by atoms with E-state index < -0.39 is 0 Å². The van der Waals surface area contributed by atoms with Crippen LogP contribution in [0.4, 0.5) is 4.79 Å². The van der Waals surface area contributed by atoms with E-state index in [0.717, 1.165) is 24.3 Å². The summed E-state index contributed by atoms with van der Waals surface area (Å²) in [6.07, 6.45) is 5.64. The van der Waals surface area contributed by atoms with E-state index in [-0.39, 0.29) is 6.03 Å². The van der Waals surface area contributed by atoms with Gasteiger partial charge in [-0.2, -0.15) is 0 Å². The Morgan fingerprint density at radius 1 is 1.37 bits per heavy atom. The minimum Gasteiger partial charge on any atom is -0.494 e. The fourth-order valence-corrected chi connectivity index (χ4v) is 1.57. The summed E-state index contributed by atoms with van der Waals surface area (Å²) < 4.78 is 6.90. The molecule has 19 heavy (non-hydrogen) atoms. The van der Waals surface area contributed by atoms with Gasteiger partial charge in [0.05, 0.1) is 6.61 Å². The van der Waals surface area contributed by atoms with E-state index >= 15 is 0 Å². The summed E-state index contributed by atoms with van der Waals surface area (Å²) >= 11 is 0. The van der Waals surface area contributed by atoms with Crippen molar-refractivity contribution in [1.82, 2.24) is 14.9 Å². The van der Waals surface area contributed by atoms with Gasteiger partial charge in [-0.15, -0.1) is 0 Å². The maximum absolute atomic E-state index is 11.7. The summed E-state index contributed by atoms with van der Waals surface area (Å²) in [6, 6.07) is 7.52. The molecule has 0 unspecified atom stereocenters. The van der Waals surface area contributed by atoms with Crippen molar-refractivity contribution in [2.24, 2.45) is 0 Å². The Balaban J connectivity index is 1.84. The molecule has 0 bridgehead atoms. The zero-order valence-corrected chi connectivity index (χ0v) is 10.9. The van der Waals surface area contributed by atoms with Gasteiger partial charge in [0.25, 0.3) is 0 Å². The first-order valence-electron chi connectivity index (χ1n) is 6.27. The van der Waals surface area contributed by atoms with E-state index in [0.29, 0.717) is 6.54 Å². The summed E-state index contributed by atoms with van der Waals surface area (Å²) in [4.78, 5) is 15.5. The van der Waals surface area contributed by atoms with Gasteiger partial charge in [0.1, 0.15) is 12.1 Å². The minimum absolute atomic E-state index is 0.191. The molecule has 1 aromatic heterocycles. The Bertz CT molecular complexity index is 506. The number of aromatic nitrogens is 2. The summed E-state index contributed by atoms with van der Waals surface area (Å²) in [5, 5.41) is 2.81. The maximum Gasteiger partial charge on any atom is 0.327 e. The summed E-state index contributed by atoms with van der Waals surface area (Å²) in [5.41, 5.74) is 1.03. The quantitative estimate of drug-likeness (QED) is 0.897. The van der Waals surface area contributed by atoms with Crippen LogP contribution in [0, 0.1) is 0 Å². The second-order valence-corrected chi connectivity index (χ2v) is 4.12. The number of carbonyl (C=O) groups excluding carboxylic acids is 1. The zero-order chi connectivity index (χ0) is 13.5. The third kappa shape index (κ3) is 3.84. The largest absolute Gasteiger partial charge is 0.494 e. The Hall–Kier alpha value is -2.30. The lowest BCUT2D eigenvalue weighted by Gasteiger charge is -2.07. The molecule has 0 aliphatic carbocycles. The van der Waals surface area contributed by atoms with Crippen LogP contribution in [0.1, 0.15) is 18.9 Å². The van der Waals surface area contributed by atoms with Crippen LogP contribution in [0.3, 0.4) is 0 Å². The Morgan fingerprint density at radius 2 is 2.16 bits per heavy atom. The van der Waals surface area contributed by atoms with Crippen LogP contribution in [-0.4, -0.2) is 22.2 Å². The second-order valence-electron chi connectivity index (χ2n) is 4.12. The fourth-order valence-electron chi connectivity index (χ4n) is 1.57. The Labute approximate surface area is 112 Å². The number of carbonyl (C=O) groups is 1. The monoisotopic (exact) mass is 259 g/mol. The van der Waals surface area contributed by atoms with Gasteiger partial charge in [0, 0.05) is 18.9 Å². The van der Waals surface area contributed by atoms with Crippen LogP contribution in [0.2, 0.25) is 0 Å². The van der Waals surface area contributed by atoms with E-state index in [9.17, 15) is 4.79 Å². The maximum atomic E-state index is 11.7. The van der Waals surface area contributed by atoms with Crippen molar-refractivity contribution >= 4 is 6.03 Å². The van der Waals surface area contributed by atoms with Crippen molar-refractivity contribution in [3.8, 4) is 5.75 Å². The third-order valence-electron chi connectivity index (χ3n) is 2.58. The van der Waals surface area contributed by atoms with E-state index in [4.69, 9.17) is 4.74 Å². The first kappa shape index (κ1) is 13.1. The highest BCUT2D eigenvalue weighted by atomic mass is 16.5. The molecule has 0 atom stereocenters. The van der Waals surface area contributed by atoms with Crippen molar-refractivity contribution in [2.75, 3.05) is 6.61 Å². The summed E-state index contributed by atoms with van der Waals surface area (Å²) in [7, 11) is 0. The van der Waals surface area contributed by atoms with Gasteiger partial charge in [0.2, 0.25) is 0 Å². The van der Waals surface area contributed by atoms with Crippen LogP contribution < -0.4 is 10.1 Å². The molecular weight excluding hydrogens is 242 g/mol. The lowest BCUT2D eigenvalue weighted by atomic mass is 10.2. The average molecular weight is 259 g/mol. The van der Waals surface area contributed by atoms with Crippen molar-refractivity contribution in [2.45, 2.75) is 19.9 Å². The first-order chi connectivity index (χ1) is 9.29. The van der Waals surface area contributed by atoms with E-state index in [1.165, 1.54) is 10.9 Å². The number of nitrogens with zero attached hydrogens (tertiary/aromatic N) is 2. The lowest BCUT2D eigenvalue weighted by molar-refractivity contribution is 0.242. The number of amides is 1. The molecule has 1 aromatic carbocycles. The summed E-state index contributed by atoms with van der Waals surface area (Å²) in [5.74, 6) is 0.853. The van der Waals surface area contributed by atoms with Crippen molar-refractivity contribution in [3.05, 3.63) is 48.5 Å². The zero-order valence-electron chi connectivity index (χ0n) is 10.9. The number of imidazole rings is 1. The Kier molecular flexibility index (Phi) is 4.55. The number of hydrogen-bond acceptors (Lipinski definition) is 3. The van der Waals surface area contributed by atoms with Crippen LogP contribution in [0.5, 0.6) is 5.75 Å². The molecule has 0 saturated carbocycles. The number of rotatable bonds is 5. The number of benzene rings is 1. The first-order valence-corrected chi connectivity index (χ1v) is 6.27. The highest BCUT2D eigenvalue weighted by Crippen LogP contribution is 2.12. The molecule has 1 N–H and O–H groups in total. The molecule has 1 amide bonds. The molecule has 0 aliphatic heterocycles. The molecule has 0 spiro atoms. The van der Waals surface area contributed by atoms with Gasteiger partial charge in [0.15, 0.2) is 0 Å². The predicted octanol–water partition coefficient (Wildman–Crippen LogP) is 2.43. The van der Waals surface area contributed by atoms with Gasteiger partial charge in [-0.05, 0) is 24.1 Å². The van der Waals surface area contributed by atoms with Gasteiger partial charge in [-0.25, -0.2) is 9.78 Å². The summed E-state index contributed by atoms with van der Waals surface area (Å²) in [6.45, 7) is 3.27. The topological polar surface area (TPSA) is 56.1 Å². The van der Waals surface area contributed by atoms with Gasteiger partial charge < -0.3 is 10.1 Å². The highest BCUT2D eigenvalue weighted by Gasteiger charge is 2.02. The number of nitrogens with one attached hydrogen (secondary N) is 1. The van der Waals surface area contributed by atoms with Crippen LogP contribution in [0.15, 0.2) is 43.0 Å². The SMILES string of the molecule is CCCOc1ccc(CNC(=O)n2ccnc2)cc1. The molecular formula is C14H17N3O2. The predicted molar refractivity (Wildman–Crippen MR) is 72.1 cm³/mol. The van der Waals surface area contributed by atoms with E-state index in [2.05, 4.69) is 17.2 Å². The second kappa shape index (κ2) is 6.58. The molecule has 2 rings (SSSR count). The molecule has 0 radical (unpaired) electrons. The molecule has 5 heteroatoms. The van der Waals surface area contributed by atoms with Gasteiger partial charge >= 0.3 is 6.03 Å². The molecule has 1 heterocycles. The van der Waals surface area contributed by atoms with Crippen molar-refractivity contribution < 1.29 is 9.53 Å². The van der Waals surface area contributed by atoms with Gasteiger partial charge in [-0.3, -0.25) is 4.57 Å². The van der Waals surface area contributed by atoms with Gasteiger partial charge in [-0.1, -0.05) is 19.1 Å². The fraction of sp³-hybridized carbons (Fsp3) is 0.286. The molecule has 0 aliphatic rings. The molecule has 0 fully saturated rings. The Morgan fingerprint density at radius 3 is 2.79 bits per heavy atom. The van der Waals surface area contributed by atoms with Crippen LogP contribution in [-0.2, 0) is 6.54 Å². The molecule has 0 saturated heterocycles. The van der Waals surface area contributed by atoms with Crippen molar-refractivity contribution in [3.63, 3.8) is 0 Å². The normalized spacial score (nSPS) is 10.2. The van der Waals surface area contributed by atoms with Crippen LogP contribution in [0.25, 0.3) is 0 Å². The number of ether oxygens (including phenoxy) is 1. The minimum atomic E-state index is -0.191. The van der Waals surface area contributed by atoms with E-state index in [1.807, 2.05) is 24.3 Å². The van der Waals surface area contributed by atoms with E-state index in [1.54, 1.807) is 12.4 Å². The van der Waals surface area contributed by atoms with Crippen molar-refractivity contribution in [1.29, 1.82) is 0 Å².